The molecule has 0 radical (unpaired) electrons. The summed E-state index contributed by atoms with van der Waals surface area (Å²) in [5.41, 5.74) is 2.56. The molecule has 0 fully saturated rings. The van der Waals surface area contributed by atoms with E-state index in [1.807, 2.05) is 54.8 Å². The number of carbonyl (C=O) groups is 1. The van der Waals surface area contributed by atoms with Crippen molar-refractivity contribution in [3.05, 3.63) is 41.7 Å². The Hall–Kier alpha value is -1.75. The zero-order valence-electron chi connectivity index (χ0n) is 12.5. The van der Waals surface area contributed by atoms with E-state index in [4.69, 9.17) is 0 Å². The van der Waals surface area contributed by atoms with E-state index < -0.39 is 0 Å². The molecule has 1 aliphatic heterocycles. The summed E-state index contributed by atoms with van der Waals surface area (Å²) in [5.74, 6) is 0.0389. The summed E-state index contributed by atoms with van der Waals surface area (Å²) in [6.07, 6.45) is 0. The first-order valence-electron chi connectivity index (χ1n) is 7.22. The highest BCUT2D eigenvalue weighted by molar-refractivity contribution is 8.00. The van der Waals surface area contributed by atoms with E-state index in [-0.39, 0.29) is 5.91 Å². The van der Waals surface area contributed by atoms with Gasteiger partial charge in [-0.05, 0) is 32.0 Å². The van der Waals surface area contributed by atoms with Crippen molar-refractivity contribution in [1.29, 1.82) is 0 Å². The molecule has 5 heteroatoms. The van der Waals surface area contributed by atoms with Gasteiger partial charge < -0.3 is 4.90 Å². The van der Waals surface area contributed by atoms with Crippen LogP contribution in [0.1, 0.15) is 30.0 Å². The Morgan fingerprint density at radius 2 is 2.19 bits per heavy atom. The average molecular weight is 301 g/mol. The van der Waals surface area contributed by atoms with Crippen molar-refractivity contribution >= 4 is 23.4 Å². The maximum Gasteiger partial charge on any atom is 0.276 e. The molecule has 0 saturated heterocycles. The van der Waals surface area contributed by atoms with Gasteiger partial charge in [-0.15, -0.1) is 11.8 Å². The minimum absolute atomic E-state index is 0.0389. The molecule has 3 rings (SSSR count). The molecule has 0 spiro atoms. The fourth-order valence-electron chi connectivity index (χ4n) is 2.68. The second kappa shape index (κ2) is 5.56. The van der Waals surface area contributed by atoms with Crippen molar-refractivity contribution in [2.45, 2.75) is 37.5 Å². The van der Waals surface area contributed by atoms with Gasteiger partial charge in [0.2, 0.25) is 0 Å². The number of hydrogen-bond donors (Lipinski definition) is 0. The van der Waals surface area contributed by atoms with Gasteiger partial charge in [-0.25, -0.2) is 0 Å². The first-order chi connectivity index (χ1) is 10.1. The number of fused-ring (bicyclic) bond motifs is 1. The number of thioether (sulfide) groups is 1. The molecule has 0 aliphatic carbocycles. The monoisotopic (exact) mass is 301 g/mol. The van der Waals surface area contributed by atoms with E-state index in [2.05, 4.69) is 18.1 Å². The predicted molar refractivity (Wildman–Crippen MR) is 86.1 cm³/mol. The molecular weight excluding hydrogens is 282 g/mol. The summed E-state index contributed by atoms with van der Waals surface area (Å²) in [7, 11) is 0. The Morgan fingerprint density at radius 1 is 1.43 bits per heavy atom. The first-order valence-corrected chi connectivity index (χ1v) is 8.10. The standard InChI is InChI=1S/C16H19N3OS/c1-4-19-14(9-11(2)17-19)16(20)18-10-12(3)21-15-8-6-5-7-13(15)18/h5-9,12H,4,10H2,1-3H3/t12-/m0/s1. The van der Waals surface area contributed by atoms with Gasteiger partial charge in [-0.1, -0.05) is 19.1 Å². The number of amides is 1. The molecule has 1 amide bonds. The summed E-state index contributed by atoms with van der Waals surface area (Å²) < 4.78 is 1.78. The lowest BCUT2D eigenvalue weighted by atomic mass is 10.2. The van der Waals surface area contributed by atoms with Crippen molar-refractivity contribution in [2.75, 3.05) is 11.4 Å². The molecule has 2 heterocycles. The molecule has 0 N–H and O–H groups in total. The number of aryl methyl sites for hydroxylation is 2. The molecule has 21 heavy (non-hydrogen) atoms. The van der Waals surface area contributed by atoms with Crippen molar-refractivity contribution < 1.29 is 4.79 Å². The van der Waals surface area contributed by atoms with Crippen LogP contribution in [0.4, 0.5) is 5.69 Å². The molecule has 1 atom stereocenters. The van der Waals surface area contributed by atoms with Crippen LogP contribution < -0.4 is 4.90 Å². The van der Waals surface area contributed by atoms with Gasteiger partial charge in [0.05, 0.1) is 11.4 Å². The van der Waals surface area contributed by atoms with Crippen LogP contribution in [0.15, 0.2) is 35.2 Å². The summed E-state index contributed by atoms with van der Waals surface area (Å²) in [6.45, 7) is 7.52. The highest BCUT2D eigenvalue weighted by atomic mass is 32.2. The lowest BCUT2D eigenvalue weighted by Gasteiger charge is -2.32. The number of carbonyl (C=O) groups excluding carboxylic acids is 1. The number of rotatable bonds is 2. The van der Waals surface area contributed by atoms with Crippen LogP contribution in [0.2, 0.25) is 0 Å². The SMILES string of the molecule is CCn1nc(C)cc1C(=O)N1C[C@H](C)Sc2ccccc21. The van der Waals surface area contributed by atoms with Crippen LogP contribution >= 0.6 is 11.8 Å². The first kappa shape index (κ1) is 14.2. The maximum atomic E-state index is 13.0. The Labute approximate surface area is 129 Å². The van der Waals surface area contributed by atoms with Crippen molar-refractivity contribution in [2.24, 2.45) is 0 Å². The zero-order chi connectivity index (χ0) is 15.0. The average Bonchev–Trinajstić information content (AvgIpc) is 2.86. The van der Waals surface area contributed by atoms with E-state index in [0.29, 0.717) is 17.5 Å². The second-order valence-electron chi connectivity index (χ2n) is 5.30. The van der Waals surface area contributed by atoms with Crippen LogP contribution in [0.3, 0.4) is 0 Å². The molecule has 0 saturated carbocycles. The van der Waals surface area contributed by atoms with Gasteiger partial charge in [-0.2, -0.15) is 5.10 Å². The number of para-hydroxylation sites is 1. The van der Waals surface area contributed by atoms with E-state index in [0.717, 1.165) is 17.9 Å². The summed E-state index contributed by atoms with van der Waals surface area (Å²) in [6, 6.07) is 9.98. The smallest absolute Gasteiger partial charge is 0.276 e. The Bertz CT molecular complexity index is 680. The maximum absolute atomic E-state index is 13.0. The molecule has 110 valence electrons. The Kier molecular flexibility index (Phi) is 3.76. The third-order valence-corrected chi connectivity index (χ3v) is 4.74. The van der Waals surface area contributed by atoms with Gasteiger partial charge in [0.25, 0.3) is 5.91 Å². The number of anilines is 1. The number of benzene rings is 1. The quantitative estimate of drug-likeness (QED) is 0.853. The minimum Gasteiger partial charge on any atom is -0.305 e. The molecule has 2 aromatic rings. The lowest BCUT2D eigenvalue weighted by molar-refractivity contribution is 0.0976. The fourth-order valence-corrected chi connectivity index (χ4v) is 3.79. The molecule has 1 aromatic carbocycles. The number of nitrogens with zero attached hydrogens (tertiary/aromatic N) is 3. The Balaban J connectivity index is 2.02. The van der Waals surface area contributed by atoms with Crippen molar-refractivity contribution in [3.63, 3.8) is 0 Å². The minimum atomic E-state index is 0.0389. The largest absolute Gasteiger partial charge is 0.305 e. The highest BCUT2D eigenvalue weighted by Crippen LogP contribution is 2.38. The highest BCUT2D eigenvalue weighted by Gasteiger charge is 2.29. The zero-order valence-corrected chi connectivity index (χ0v) is 13.4. The Morgan fingerprint density at radius 3 is 2.95 bits per heavy atom. The summed E-state index contributed by atoms with van der Waals surface area (Å²) >= 11 is 1.83. The molecule has 0 bridgehead atoms. The topological polar surface area (TPSA) is 38.1 Å². The van der Waals surface area contributed by atoms with Crippen LogP contribution in [0.25, 0.3) is 0 Å². The molecule has 4 nitrogen and oxygen atoms in total. The molecule has 1 aromatic heterocycles. The number of hydrogen-bond acceptors (Lipinski definition) is 3. The van der Waals surface area contributed by atoms with E-state index >= 15 is 0 Å². The van der Waals surface area contributed by atoms with Gasteiger partial charge in [0.1, 0.15) is 5.69 Å². The molecule has 0 unspecified atom stereocenters. The van der Waals surface area contributed by atoms with Crippen LogP contribution in [0, 0.1) is 6.92 Å². The summed E-state index contributed by atoms with van der Waals surface area (Å²) in [5, 5.41) is 4.78. The van der Waals surface area contributed by atoms with Crippen molar-refractivity contribution in [1.82, 2.24) is 9.78 Å². The molecular formula is C16H19N3OS. The van der Waals surface area contributed by atoms with Crippen LogP contribution in [-0.2, 0) is 6.54 Å². The predicted octanol–water partition coefficient (Wildman–Crippen LogP) is 3.35. The third-order valence-electron chi connectivity index (χ3n) is 3.59. The summed E-state index contributed by atoms with van der Waals surface area (Å²) in [4.78, 5) is 16.0. The lowest BCUT2D eigenvalue weighted by Crippen LogP contribution is -2.39. The fraction of sp³-hybridized carbons (Fsp3) is 0.375. The van der Waals surface area contributed by atoms with Gasteiger partial charge in [0.15, 0.2) is 0 Å². The van der Waals surface area contributed by atoms with Crippen LogP contribution in [-0.4, -0.2) is 27.5 Å². The van der Waals surface area contributed by atoms with Crippen LogP contribution in [0.5, 0.6) is 0 Å². The second-order valence-corrected chi connectivity index (χ2v) is 6.78. The van der Waals surface area contributed by atoms with Gasteiger partial charge in [-0.3, -0.25) is 9.48 Å². The number of aromatic nitrogens is 2. The van der Waals surface area contributed by atoms with Gasteiger partial charge in [0, 0.05) is 23.2 Å². The van der Waals surface area contributed by atoms with E-state index in [9.17, 15) is 4.79 Å². The van der Waals surface area contributed by atoms with E-state index in [1.165, 1.54) is 4.90 Å². The molecule has 1 aliphatic rings. The third kappa shape index (κ3) is 2.58. The van der Waals surface area contributed by atoms with E-state index in [1.54, 1.807) is 4.68 Å². The van der Waals surface area contributed by atoms with Crippen molar-refractivity contribution in [3.8, 4) is 0 Å². The normalized spacial score (nSPS) is 17.7. The van der Waals surface area contributed by atoms with Gasteiger partial charge >= 0.3 is 0 Å².